The maximum Gasteiger partial charge on any atom is 0.263 e. The third-order valence-electron chi connectivity index (χ3n) is 6.61. The largest absolute Gasteiger partial charge is 0.381 e. The highest BCUT2D eigenvalue weighted by Crippen LogP contribution is 2.42. The van der Waals surface area contributed by atoms with Gasteiger partial charge in [0, 0.05) is 53.2 Å². The molecule has 1 amide bonds. The van der Waals surface area contributed by atoms with Crippen LogP contribution in [0.25, 0.3) is 21.0 Å². The van der Waals surface area contributed by atoms with Crippen molar-refractivity contribution in [1.82, 2.24) is 15.2 Å². The number of aromatic nitrogens is 1. The van der Waals surface area contributed by atoms with E-state index < -0.39 is 0 Å². The maximum atomic E-state index is 12.6. The number of anilines is 2. The molecule has 3 aromatic rings. The summed E-state index contributed by atoms with van der Waals surface area (Å²) < 4.78 is 1.13. The summed E-state index contributed by atoms with van der Waals surface area (Å²) in [6.07, 6.45) is 2.51. The number of fused-ring (bicyclic) bond motifs is 7. The lowest BCUT2D eigenvalue weighted by atomic mass is 10.1. The van der Waals surface area contributed by atoms with E-state index in [1.165, 1.54) is 12.8 Å². The number of amides is 1. The predicted molar refractivity (Wildman–Crippen MR) is 119 cm³/mol. The standard InChI is InChI=1S/C22H25N5OS/c1-12-9-23-20-19-15-5-8-18(27-13-3-4-14(27)11-26(2)10-13)25-16(15)6-7-17(19)29-21(20)22(28)24-12/h5-8,12-14,23H,3-4,9-11H2,1-2H3,(H,24,28)/t12-,13?,14?/m1/s1. The molecule has 2 fully saturated rings. The monoisotopic (exact) mass is 407 g/mol. The molecule has 0 spiro atoms. The van der Waals surface area contributed by atoms with Crippen molar-refractivity contribution in [1.29, 1.82) is 0 Å². The van der Waals surface area contributed by atoms with Crippen molar-refractivity contribution in [2.24, 2.45) is 0 Å². The van der Waals surface area contributed by atoms with Gasteiger partial charge in [0.05, 0.1) is 11.2 Å². The molecule has 2 unspecified atom stereocenters. The Morgan fingerprint density at radius 3 is 2.72 bits per heavy atom. The van der Waals surface area contributed by atoms with E-state index in [0.29, 0.717) is 12.1 Å². The van der Waals surface area contributed by atoms with Crippen LogP contribution in [0.3, 0.4) is 0 Å². The van der Waals surface area contributed by atoms with Gasteiger partial charge in [-0.3, -0.25) is 4.79 Å². The Hall–Kier alpha value is -2.38. The fraction of sp³-hybridized carbons (Fsp3) is 0.455. The van der Waals surface area contributed by atoms with Gasteiger partial charge in [-0.2, -0.15) is 0 Å². The van der Waals surface area contributed by atoms with Gasteiger partial charge < -0.3 is 20.4 Å². The van der Waals surface area contributed by atoms with Crippen LogP contribution in [0.4, 0.5) is 11.5 Å². The summed E-state index contributed by atoms with van der Waals surface area (Å²) in [5, 5.41) is 8.83. The van der Waals surface area contributed by atoms with Crippen molar-refractivity contribution in [2.75, 3.05) is 36.9 Å². The number of nitrogens with zero attached hydrogens (tertiary/aromatic N) is 3. The van der Waals surface area contributed by atoms with E-state index in [2.05, 4.69) is 51.7 Å². The van der Waals surface area contributed by atoms with E-state index >= 15 is 0 Å². The van der Waals surface area contributed by atoms with Crippen molar-refractivity contribution in [3.8, 4) is 0 Å². The van der Waals surface area contributed by atoms with Crippen molar-refractivity contribution >= 4 is 49.7 Å². The molecule has 1 aromatic carbocycles. The quantitative estimate of drug-likeness (QED) is 0.648. The summed E-state index contributed by atoms with van der Waals surface area (Å²) >= 11 is 1.56. The molecule has 2 aromatic heterocycles. The summed E-state index contributed by atoms with van der Waals surface area (Å²) in [5.74, 6) is 1.11. The van der Waals surface area contributed by atoms with E-state index in [-0.39, 0.29) is 11.9 Å². The first-order chi connectivity index (χ1) is 14.1. The Bertz CT molecular complexity index is 1130. The van der Waals surface area contributed by atoms with Gasteiger partial charge in [0.1, 0.15) is 10.7 Å². The summed E-state index contributed by atoms with van der Waals surface area (Å²) in [6.45, 7) is 4.99. The van der Waals surface area contributed by atoms with Crippen LogP contribution >= 0.6 is 11.3 Å². The third kappa shape index (κ3) is 2.64. The molecular weight excluding hydrogens is 382 g/mol. The molecule has 2 saturated heterocycles. The average molecular weight is 408 g/mol. The van der Waals surface area contributed by atoms with Crippen molar-refractivity contribution in [2.45, 2.75) is 37.9 Å². The fourth-order valence-corrected chi connectivity index (χ4v) is 6.44. The van der Waals surface area contributed by atoms with Crippen LogP contribution in [-0.4, -0.2) is 60.6 Å². The lowest BCUT2D eigenvalue weighted by molar-refractivity contribution is 0.0949. The molecule has 3 aliphatic heterocycles. The van der Waals surface area contributed by atoms with Crippen LogP contribution in [0.2, 0.25) is 0 Å². The van der Waals surface area contributed by atoms with Crippen LogP contribution in [0.1, 0.15) is 29.4 Å². The lowest BCUT2D eigenvalue weighted by Gasteiger charge is -2.40. The number of likely N-dealkylation sites (tertiary alicyclic amines) is 1. The molecule has 150 valence electrons. The molecule has 3 atom stereocenters. The fourth-order valence-electron chi connectivity index (χ4n) is 5.35. The molecule has 0 aliphatic carbocycles. The van der Waals surface area contributed by atoms with Crippen LogP contribution < -0.4 is 15.5 Å². The Morgan fingerprint density at radius 1 is 1.14 bits per heavy atom. The Kier molecular flexibility index (Phi) is 3.80. The summed E-state index contributed by atoms with van der Waals surface area (Å²) in [4.78, 5) is 23.5. The molecule has 3 aliphatic rings. The molecule has 2 N–H and O–H groups in total. The van der Waals surface area contributed by atoms with Gasteiger partial charge in [-0.25, -0.2) is 4.98 Å². The van der Waals surface area contributed by atoms with Gasteiger partial charge in [-0.05, 0) is 51.1 Å². The second kappa shape index (κ2) is 6.31. The number of piperazine rings is 1. The summed E-state index contributed by atoms with van der Waals surface area (Å²) in [7, 11) is 2.22. The number of carbonyl (C=O) groups excluding carboxylic acids is 1. The zero-order chi connectivity index (χ0) is 19.7. The van der Waals surface area contributed by atoms with Gasteiger partial charge in [-0.15, -0.1) is 11.3 Å². The third-order valence-corrected chi connectivity index (χ3v) is 7.76. The Labute approximate surface area is 173 Å². The first kappa shape index (κ1) is 17.5. The minimum Gasteiger partial charge on any atom is -0.381 e. The highest BCUT2D eigenvalue weighted by atomic mass is 32.1. The molecule has 0 radical (unpaired) electrons. The van der Waals surface area contributed by atoms with E-state index in [4.69, 9.17) is 4.98 Å². The van der Waals surface area contributed by atoms with E-state index in [9.17, 15) is 4.79 Å². The number of hydrogen-bond acceptors (Lipinski definition) is 6. The average Bonchev–Trinajstić information content (AvgIpc) is 3.16. The summed E-state index contributed by atoms with van der Waals surface area (Å²) in [6, 6.07) is 9.86. The normalized spacial score (nSPS) is 27.0. The van der Waals surface area contributed by atoms with Gasteiger partial charge in [0.2, 0.25) is 0 Å². The van der Waals surface area contributed by atoms with E-state index in [0.717, 1.165) is 57.0 Å². The SMILES string of the molecule is C[C@@H]1CNc2c(sc3ccc4nc(N5C6CCC5CN(C)C6)ccc4c23)C(=O)N1. The predicted octanol–water partition coefficient (Wildman–Crippen LogP) is 3.28. The highest BCUT2D eigenvalue weighted by Gasteiger charge is 2.39. The molecule has 6 rings (SSSR count). The topological polar surface area (TPSA) is 60.5 Å². The van der Waals surface area contributed by atoms with Gasteiger partial charge in [-0.1, -0.05) is 0 Å². The molecule has 6 nitrogen and oxygen atoms in total. The van der Waals surface area contributed by atoms with Crippen LogP contribution in [0.5, 0.6) is 0 Å². The van der Waals surface area contributed by atoms with Crippen LogP contribution in [0, 0.1) is 0 Å². The number of rotatable bonds is 1. The number of likely N-dealkylation sites (N-methyl/N-ethyl adjacent to an activating group) is 1. The summed E-state index contributed by atoms with van der Waals surface area (Å²) in [5.41, 5.74) is 1.97. The number of carbonyl (C=O) groups is 1. The van der Waals surface area contributed by atoms with E-state index in [1.807, 2.05) is 6.92 Å². The molecule has 0 saturated carbocycles. The molecule has 2 bridgehead atoms. The number of pyridine rings is 1. The van der Waals surface area contributed by atoms with Crippen molar-refractivity contribution in [3.05, 3.63) is 29.1 Å². The lowest BCUT2D eigenvalue weighted by Crippen LogP contribution is -2.52. The molecule has 29 heavy (non-hydrogen) atoms. The number of thiophene rings is 1. The van der Waals surface area contributed by atoms with Gasteiger partial charge >= 0.3 is 0 Å². The van der Waals surface area contributed by atoms with Crippen molar-refractivity contribution in [3.63, 3.8) is 0 Å². The first-order valence-corrected chi connectivity index (χ1v) is 11.3. The van der Waals surface area contributed by atoms with E-state index in [1.54, 1.807) is 11.3 Å². The molecule has 7 heteroatoms. The van der Waals surface area contributed by atoms with Crippen LogP contribution in [0.15, 0.2) is 24.3 Å². The second-order valence-electron chi connectivity index (χ2n) is 8.75. The second-order valence-corrected chi connectivity index (χ2v) is 9.80. The first-order valence-electron chi connectivity index (χ1n) is 10.5. The minimum absolute atomic E-state index is 0.0189. The smallest absolute Gasteiger partial charge is 0.263 e. The molecule has 5 heterocycles. The van der Waals surface area contributed by atoms with Crippen molar-refractivity contribution < 1.29 is 4.79 Å². The molecular formula is C22H25N5OS. The van der Waals surface area contributed by atoms with Gasteiger partial charge in [0.15, 0.2) is 0 Å². The zero-order valence-electron chi connectivity index (χ0n) is 16.7. The maximum absolute atomic E-state index is 12.6. The highest BCUT2D eigenvalue weighted by molar-refractivity contribution is 7.21. The number of hydrogen-bond donors (Lipinski definition) is 2. The van der Waals surface area contributed by atoms with Gasteiger partial charge in [0.25, 0.3) is 5.91 Å². The number of benzene rings is 1. The minimum atomic E-state index is 0.0189. The number of nitrogens with one attached hydrogen (secondary N) is 2. The zero-order valence-corrected chi connectivity index (χ0v) is 17.6. The van der Waals surface area contributed by atoms with Crippen LogP contribution in [-0.2, 0) is 0 Å². The Balaban J connectivity index is 1.48. The Morgan fingerprint density at radius 2 is 1.93 bits per heavy atom.